The number of rotatable bonds is 4. The number of nitrogens with one attached hydrogen (secondary N) is 1. The molecule has 1 N–H and O–H groups in total. The van der Waals surface area contributed by atoms with Crippen LogP contribution in [0.3, 0.4) is 0 Å². The molecule has 1 atom stereocenters. The van der Waals surface area contributed by atoms with Crippen LogP contribution in [0.4, 0.5) is 0 Å². The van der Waals surface area contributed by atoms with Gasteiger partial charge in [-0.1, -0.05) is 37.6 Å². The number of aryl methyl sites for hydroxylation is 1. The minimum atomic E-state index is -0.332. The summed E-state index contributed by atoms with van der Waals surface area (Å²) >= 11 is 0. The van der Waals surface area contributed by atoms with Crippen molar-refractivity contribution in [3.8, 4) is 0 Å². The van der Waals surface area contributed by atoms with E-state index in [1.54, 1.807) is 0 Å². The van der Waals surface area contributed by atoms with Gasteiger partial charge in [-0.05, 0) is 63.0 Å². The van der Waals surface area contributed by atoms with Crippen LogP contribution in [0.5, 0.6) is 0 Å². The van der Waals surface area contributed by atoms with Crippen molar-refractivity contribution in [2.24, 2.45) is 0 Å². The van der Waals surface area contributed by atoms with E-state index in [0.29, 0.717) is 12.0 Å². The van der Waals surface area contributed by atoms with Crippen molar-refractivity contribution >= 4 is 11.8 Å². The zero-order chi connectivity index (χ0) is 20.4. The first-order valence-electron chi connectivity index (χ1n) is 11.1. The molecule has 1 saturated carbocycles. The monoisotopic (exact) mass is 393 g/mol. The van der Waals surface area contributed by atoms with E-state index in [2.05, 4.69) is 36.5 Å². The predicted molar refractivity (Wildman–Crippen MR) is 113 cm³/mol. The Morgan fingerprint density at radius 3 is 2.48 bits per heavy atom. The van der Waals surface area contributed by atoms with Gasteiger partial charge in [0.05, 0.1) is 5.57 Å². The predicted octanol–water partition coefficient (Wildman–Crippen LogP) is 5.09. The van der Waals surface area contributed by atoms with Crippen molar-refractivity contribution in [2.45, 2.75) is 83.7 Å². The average molecular weight is 394 g/mol. The smallest absolute Gasteiger partial charge is 0.337 e. The molecular weight excluding hydrogens is 362 g/mol. The second-order valence-electron chi connectivity index (χ2n) is 8.53. The minimum Gasteiger partial charge on any atom is -0.459 e. The highest BCUT2D eigenvalue weighted by Crippen LogP contribution is 2.42. The number of benzene rings is 1. The lowest BCUT2D eigenvalue weighted by Crippen LogP contribution is -2.35. The molecule has 1 aromatic carbocycles. The summed E-state index contributed by atoms with van der Waals surface area (Å²) in [5.74, 6) is -0.448. The van der Waals surface area contributed by atoms with Gasteiger partial charge in [-0.25, -0.2) is 4.79 Å². The fraction of sp³-hybridized carbons (Fsp3) is 0.520. The molecule has 1 aromatic rings. The van der Waals surface area contributed by atoms with Gasteiger partial charge in [0.25, 0.3) is 0 Å². The topological polar surface area (TPSA) is 55.4 Å². The standard InChI is InChI=1S/C25H31NO3/c1-3-17-12-14-18(15-13-17)23-22(25(28)29-19-8-5-4-6-9-19)16(2)26-20-10-7-11-21(27)24(20)23/h12-15,19,23,26H,3-11H2,1-2H3. The average Bonchev–Trinajstić information content (AvgIpc) is 2.73. The van der Waals surface area contributed by atoms with E-state index >= 15 is 0 Å². The number of dihydropyridines is 1. The number of esters is 1. The molecule has 0 bridgehead atoms. The van der Waals surface area contributed by atoms with Crippen LogP contribution >= 0.6 is 0 Å². The Balaban J connectivity index is 1.72. The van der Waals surface area contributed by atoms with Crippen molar-refractivity contribution in [3.63, 3.8) is 0 Å². The van der Waals surface area contributed by atoms with Crippen LogP contribution in [-0.2, 0) is 20.7 Å². The van der Waals surface area contributed by atoms with Crippen LogP contribution in [0.25, 0.3) is 0 Å². The highest BCUT2D eigenvalue weighted by Gasteiger charge is 2.39. The number of hydrogen-bond donors (Lipinski definition) is 1. The van der Waals surface area contributed by atoms with E-state index < -0.39 is 0 Å². The molecule has 1 aliphatic heterocycles. The lowest BCUT2D eigenvalue weighted by Gasteiger charge is -2.35. The summed E-state index contributed by atoms with van der Waals surface area (Å²) in [5, 5.41) is 3.38. The van der Waals surface area contributed by atoms with Crippen molar-refractivity contribution in [2.75, 3.05) is 0 Å². The number of ketones is 1. The third-order valence-electron chi connectivity index (χ3n) is 6.54. The number of carbonyl (C=O) groups excluding carboxylic acids is 2. The van der Waals surface area contributed by atoms with E-state index in [9.17, 15) is 9.59 Å². The first-order valence-corrected chi connectivity index (χ1v) is 11.1. The Morgan fingerprint density at radius 2 is 1.79 bits per heavy atom. The second-order valence-corrected chi connectivity index (χ2v) is 8.53. The molecule has 0 amide bonds. The zero-order valence-corrected chi connectivity index (χ0v) is 17.6. The third kappa shape index (κ3) is 4.03. The zero-order valence-electron chi connectivity index (χ0n) is 17.6. The van der Waals surface area contributed by atoms with Gasteiger partial charge in [-0.2, -0.15) is 0 Å². The van der Waals surface area contributed by atoms with E-state index in [4.69, 9.17) is 4.74 Å². The number of carbonyl (C=O) groups is 2. The molecule has 0 spiro atoms. The fourth-order valence-corrected chi connectivity index (χ4v) is 4.93. The number of allylic oxidation sites excluding steroid dienone is 3. The number of ether oxygens (including phenoxy) is 1. The molecule has 4 heteroatoms. The van der Waals surface area contributed by atoms with E-state index in [1.165, 1.54) is 12.0 Å². The summed E-state index contributed by atoms with van der Waals surface area (Å²) in [6, 6.07) is 8.35. The molecule has 1 heterocycles. The van der Waals surface area contributed by atoms with E-state index in [-0.39, 0.29) is 23.8 Å². The molecule has 154 valence electrons. The maximum absolute atomic E-state index is 13.3. The second kappa shape index (κ2) is 8.56. The Labute approximate surface area is 173 Å². The maximum Gasteiger partial charge on any atom is 0.337 e. The van der Waals surface area contributed by atoms with Gasteiger partial charge in [0.2, 0.25) is 0 Å². The van der Waals surface area contributed by atoms with Gasteiger partial charge >= 0.3 is 5.97 Å². The van der Waals surface area contributed by atoms with Gasteiger partial charge in [-0.3, -0.25) is 4.79 Å². The largest absolute Gasteiger partial charge is 0.459 e. The summed E-state index contributed by atoms with van der Waals surface area (Å²) in [7, 11) is 0. The van der Waals surface area contributed by atoms with Crippen LogP contribution in [-0.4, -0.2) is 17.9 Å². The lowest BCUT2D eigenvalue weighted by atomic mass is 9.75. The van der Waals surface area contributed by atoms with Gasteiger partial charge in [-0.15, -0.1) is 0 Å². The summed E-state index contributed by atoms with van der Waals surface area (Å²) in [6.07, 6.45) is 8.55. The van der Waals surface area contributed by atoms with Crippen LogP contribution < -0.4 is 5.32 Å². The summed E-state index contributed by atoms with van der Waals surface area (Å²) in [4.78, 5) is 26.2. The maximum atomic E-state index is 13.3. The molecule has 2 aliphatic carbocycles. The van der Waals surface area contributed by atoms with Crippen molar-refractivity contribution in [1.82, 2.24) is 5.32 Å². The Bertz CT molecular complexity index is 857. The first-order chi connectivity index (χ1) is 14.1. The van der Waals surface area contributed by atoms with E-state index in [0.717, 1.165) is 67.5 Å². The van der Waals surface area contributed by atoms with Crippen molar-refractivity contribution < 1.29 is 14.3 Å². The Kier molecular flexibility index (Phi) is 5.89. The lowest BCUT2D eigenvalue weighted by molar-refractivity contribution is -0.146. The SMILES string of the molecule is CCc1ccc(C2C(C(=O)OC3CCCCC3)=C(C)NC3=C2C(=O)CCC3)cc1. The van der Waals surface area contributed by atoms with Crippen LogP contribution in [0, 0.1) is 0 Å². The van der Waals surface area contributed by atoms with Crippen LogP contribution in [0.2, 0.25) is 0 Å². The van der Waals surface area contributed by atoms with Crippen molar-refractivity contribution in [3.05, 3.63) is 57.9 Å². The van der Waals surface area contributed by atoms with Gasteiger partial charge in [0.1, 0.15) is 6.10 Å². The molecular formula is C25H31NO3. The molecule has 4 nitrogen and oxygen atoms in total. The molecule has 4 rings (SSSR count). The highest BCUT2D eigenvalue weighted by molar-refractivity contribution is 6.03. The molecule has 0 aromatic heterocycles. The molecule has 0 saturated heterocycles. The van der Waals surface area contributed by atoms with E-state index in [1.807, 2.05) is 6.92 Å². The Morgan fingerprint density at radius 1 is 1.07 bits per heavy atom. The minimum absolute atomic E-state index is 0.00268. The van der Waals surface area contributed by atoms with Gasteiger partial charge in [0, 0.05) is 29.3 Å². The fourth-order valence-electron chi connectivity index (χ4n) is 4.93. The molecule has 1 fully saturated rings. The molecule has 29 heavy (non-hydrogen) atoms. The Hall–Kier alpha value is -2.36. The first kappa shape index (κ1) is 19.9. The summed E-state index contributed by atoms with van der Waals surface area (Å²) < 4.78 is 5.94. The molecule has 0 radical (unpaired) electrons. The van der Waals surface area contributed by atoms with Gasteiger partial charge in [0.15, 0.2) is 5.78 Å². The van der Waals surface area contributed by atoms with Crippen molar-refractivity contribution in [1.29, 1.82) is 0 Å². The molecule has 1 unspecified atom stereocenters. The summed E-state index contributed by atoms with van der Waals surface area (Å²) in [6.45, 7) is 4.07. The molecule has 3 aliphatic rings. The highest BCUT2D eigenvalue weighted by atomic mass is 16.5. The summed E-state index contributed by atoms with van der Waals surface area (Å²) in [5.41, 5.74) is 5.43. The third-order valence-corrected chi connectivity index (χ3v) is 6.54. The number of Topliss-reactive ketones (excluding diaryl/α,β-unsaturated/α-hetero) is 1. The van der Waals surface area contributed by atoms with Crippen LogP contribution in [0.15, 0.2) is 46.8 Å². The number of hydrogen-bond acceptors (Lipinski definition) is 4. The normalized spacial score (nSPS) is 23.0. The van der Waals surface area contributed by atoms with Gasteiger partial charge < -0.3 is 10.1 Å². The van der Waals surface area contributed by atoms with Crippen LogP contribution in [0.1, 0.15) is 82.3 Å². The quantitative estimate of drug-likeness (QED) is 0.724.